The lowest BCUT2D eigenvalue weighted by Crippen LogP contribution is -2.41. The van der Waals surface area contributed by atoms with E-state index in [2.05, 4.69) is 15.5 Å². The van der Waals surface area contributed by atoms with Gasteiger partial charge in [0.2, 0.25) is 5.91 Å². The molecule has 6 heteroatoms. The molecule has 0 bridgehead atoms. The third-order valence-corrected chi connectivity index (χ3v) is 2.97. The van der Waals surface area contributed by atoms with E-state index >= 15 is 0 Å². The van der Waals surface area contributed by atoms with Gasteiger partial charge in [0, 0.05) is 19.2 Å². The molecule has 0 spiro atoms. The molecule has 3 N–H and O–H groups in total. The normalized spacial score (nSPS) is 12.5. The zero-order valence-corrected chi connectivity index (χ0v) is 11.0. The van der Waals surface area contributed by atoms with Crippen LogP contribution in [0.2, 0.25) is 0 Å². The number of carbonyl (C=O) groups excluding carboxylic acids is 1. The van der Waals surface area contributed by atoms with Gasteiger partial charge in [-0.25, -0.2) is 0 Å². The Hall–Kier alpha value is -1.95. The van der Waals surface area contributed by atoms with Crippen molar-refractivity contribution in [1.29, 1.82) is 0 Å². The van der Waals surface area contributed by atoms with Gasteiger partial charge < -0.3 is 11.1 Å². The minimum Gasteiger partial charge on any atom is -0.354 e. The molecular formula is C13H19N5O. The molecule has 0 radical (unpaired) electrons. The number of hydrogen-bond acceptors (Lipinski definition) is 4. The van der Waals surface area contributed by atoms with Gasteiger partial charge in [-0.15, -0.1) is 10.2 Å². The molecule has 19 heavy (non-hydrogen) atoms. The van der Waals surface area contributed by atoms with Crippen molar-refractivity contribution >= 4 is 11.6 Å². The summed E-state index contributed by atoms with van der Waals surface area (Å²) < 4.78 is 1.91. The van der Waals surface area contributed by atoms with Crippen LogP contribution >= 0.6 is 0 Å². The second-order valence-electron chi connectivity index (χ2n) is 4.48. The van der Waals surface area contributed by atoms with E-state index in [-0.39, 0.29) is 5.91 Å². The first-order valence-electron chi connectivity index (χ1n) is 6.54. The molecule has 1 atom stereocenters. The van der Waals surface area contributed by atoms with E-state index in [0.717, 1.165) is 17.9 Å². The zero-order valence-electron chi connectivity index (χ0n) is 11.0. The number of hydrogen-bond donors (Lipinski definition) is 2. The van der Waals surface area contributed by atoms with Gasteiger partial charge in [0.15, 0.2) is 5.65 Å². The van der Waals surface area contributed by atoms with Crippen LogP contribution in [-0.2, 0) is 11.2 Å². The van der Waals surface area contributed by atoms with E-state index in [1.54, 1.807) is 0 Å². The Labute approximate surface area is 112 Å². The number of fused-ring (bicyclic) bond motifs is 1. The zero-order chi connectivity index (χ0) is 13.7. The first-order valence-corrected chi connectivity index (χ1v) is 6.54. The molecule has 2 rings (SSSR count). The Morgan fingerprint density at radius 3 is 3.11 bits per heavy atom. The molecule has 1 unspecified atom stereocenters. The third-order valence-electron chi connectivity index (χ3n) is 2.97. The van der Waals surface area contributed by atoms with Crippen LogP contribution in [0.4, 0.5) is 0 Å². The second-order valence-corrected chi connectivity index (χ2v) is 4.48. The maximum Gasteiger partial charge on any atom is 0.236 e. The van der Waals surface area contributed by atoms with Gasteiger partial charge in [0.05, 0.1) is 6.04 Å². The van der Waals surface area contributed by atoms with Crippen molar-refractivity contribution in [2.24, 2.45) is 5.73 Å². The highest BCUT2D eigenvalue weighted by molar-refractivity contribution is 5.81. The lowest BCUT2D eigenvalue weighted by atomic mass is 10.1. The molecule has 0 aromatic carbocycles. The summed E-state index contributed by atoms with van der Waals surface area (Å²) >= 11 is 0. The smallest absolute Gasteiger partial charge is 0.236 e. The molecule has 2 heterocycles. The van der Waals surface area contributed by atoms with Crippen molar-refractivity contribution in [2.75, 3.05) is 6.54 Å². The SMILES string of the molecule is CCCC(N)C(=O)NCCc1nnc2ccccn12. The summed E-state index contributed by atoms with van der Waals surface area (Å²) in [5.41, 5.74) is 6.54. The van der Waals surface area contributed by atoms with Crippen LogP contribution in [-0.4, -0.2) is 33.1 Å². The maximum atomic E-state index is 11.6. The average Bonchev–Trinajstić information content (AvgIpc) is 2.82. The Balaban J connectivity index is 1.87. The van der Waals surface area contributed by atoms with Crippen LogP contribution in [0.25, 0.3) is 5.65 Å². The fraction of sp³-hybridized carbons (Fsp3) is 0.462. The van der Waals surface area contributed by atoms with Gasteiger partial charge in [-0.2, -0.15) is 0 Å². The molecule has 2 aromatic rings. The number of amides is 1. The molecule has 0 aliphatic rings. The topological polar surface area (TPSA) is 85.3 Å². The van der Waals surface area contributed by atoms with Gasteiger partial charge in [-0.05, 0) is 18.6 Å². The van der Waals surface area contributed by atoms with E-state index in [1.807, 2.05) is 35.7 Å². The molecule has 6 nitrogen and oxygen atoms in total. The van der Waals surface area contributed by atoms with Crippen molar-refractivity contribution in [3.8, 4) is 0 Å². The number of nitrogens with one attached hydrogen (secondary N) is 1. The highest BCUT2D eigenvalue weighted by Crippen LogP contribution is 2.02. The van der Waals surface area contributed by atoms with Crippen molar-refractivity contribution in [1.82, 2.24) is 19.9 Å². The predicted octanol–water partition coefficient (Wildman–Crippen LogP) is 0.515. The standard InChI is InChI=1S/C13H19N5O/c1-2-5-10(14)13(19)15-8-7-12-17-16-11-6-3-4-9-18(11)12/h3-4,6,9-10H,2,5,7-8,14H2,1H3,(H,15,19). The number of nitrogens with zero attached hydrogens (tertiary/aromatic N) is 3. The monoisotopic (exact) mass is 261 g/mol. The molecule has 0 aliphatic carbocycles. The minimum atomic E-state index is -0.417. The number of nitrogens with two attached hydrogens (primary N) is 1. The summed E-state index contributed by atoms with van der Waals surface area (Å²) in [6, 6.07) is 5.32. The first-order chi connectivity index (χ1) is 9.22. The summed E-state index contributed by atoms with van der Waals surface area (Å²) in [6.07, 6.45) is 4.16. The van der Waals surface area contributed by atoms with Crippen LogP contribution in [0.3, 0.4) is 0 Å². The number of carbonyl (C=O) groups is 1. The molecule has 0 saturated carbocycles. The molecular weight excluding hydrogens is 242 g/mol. The minimum absolute atomic E-state index is 0.101. The highest BCUT2D eigenvalue weighted by atomic mass is 16.2. The average molecular weight is 261 g/mol. The van der Waals surface area contributed by atoms with Gasteiger partial charge in [0.25, 0.3) is 0 Å². The van der Waals surface area contributed by atoms with Gasteiger partial charge in [0.1, 0.15) is 5.82 Å². The second kappa shape index (κ2) is 6.29. The van der Waals surface area contributed by atoms with E-state index in [4.69, 9.17) is 5.73 Å². The molecule has 0 aliphatic heterocycles. The van der Waals surface area contributed by atoms with Gasteiger partial charge in [-0.1, -0.05) is 19.4 Å². The summed E-state index contributed by atoms with van der Waals surface area (Å²) in [7, 11) is 0. The predicted molar refractivity (Wildman–Crippen MR) is 72.6 cm³/mol. The Morgan fingerprint density at radius 1 is 1.47 bits per heavy atom. The van der Waals surface area contributed by atoms with Gasteiger partial charge in [-0.3, -0.25) is 9.20 Å². The van der Waals surface area contributed by atoms with Crippen LogP contribution in [0.5, 0.6) is 0 Å². The summed E-state index contributed by atoms with van der Waals surface area (Å²) in [6.45, 7) is 2.53. The van der Waals surface area contributed by atoms with Gasteiger partial charge >= 0.3 is 0 Å². The Kier molecular flexibility index (Phi) is 4.46. The lowest BCUT2D eigenvalue weighted by Gasteiger charge is -2.10. The number of pyridine rings is 1. The van der Waals surface area contributed by atoms with Crippen molar-refractivity contribution in [2.45, 2.75) is 32.2 Å². The van der Waals surface area contributed by atoms with E-state index < -0.39 is 6.04 Å². The molecule has 0 saturated heterocycles. The van der Waals surface area contributed by atoms with Crippen LogP contribution < -0.4 is 11.1 Å². The third kappa shape index (κ3) is 3.29. The van der Waals surface area contributed by atoms with E-state index in [0.29, 0.717) is 19.4 Å². The fourth-order valence-corrected chi connectivity index (χ4v) is 1.93. The summed E-state index contributed by atoms with van der Waals surface area (Å²) in [5.74, 6) is 0.732. The maximum absolute atomic E-state index is 11.6. The quantitative estimate of drug-likeness (QED) is 0.793. The summed E-state index contributed by atoms with van der Waals surface area (Å²) in [4.78, 5) is 11.6. The van der Waals surface area contributed by atoms with E-state index in [1.165, 1.54) is 0 Å². The molecule has 102 valence electrons. The van der Waals surface area contributed by atoms with Crippen LogP contribution in [0.1, 0.15) is 25.6 Å². The molecule has 0 fully saturated rings. The fourth-order valence-electron chi connectivity index (χ4n) is 1.93. The number of rotatable bonds is 6. The summed E-state index contributed by atoms with van der Waals surface area (Å²) in [5, 5.41) is 11.0. The largest absolute Gasteiger partial charge is 0.354 e. The van der Waals surface area contributed by atoms with Crippen molar-refractivity contribution in [3.05, 3.63) is 30.2 Å². The Morgan fingerprint density at radius 2 is 2.32 bits per heavy atom. The van der Waals surface area contributed by atoms with Crippen molar-refractivity contribution in [3.63, 3.8) is 0 Å². The van der Waals surface area contributed by atoms with E-state index in [9.17, 15) is 4.79 Å². The number of aromatic nitrogens is 3. The van der Waals surface area contributed by atoms with Crippen LogP contribution in [0, 0.1) is 0 Å². The first kappa shape index (κ1) is 13.5. The van der Waals surface area contributed by atoms with Crippen LogP contribution in [0.15, 0.2) is 24.4 Å². The lowest BCUT2D eigenvalue weighted by molar-refractivity contribution is -0.122. The highest BCUT2D eigenvalue weighted by Gasteiger charge is 2.12. The molecule has 2 aromatic heterocycles. The Bertz CT molecular complexity index is 551. The molecule has 1 amide bonds. The van der Waals surface area contributed by atoms with Crippen molar-refractivity contribution < 1.29 is 4.79 Å².